The summed E-state index contributed by atoms with van der Waals surface area (Å²) in [6, 6.07) is 9.44. The largest absolute Gasteiger partial charge is 0.463 e. The van der Waals surface area contributed by atoms with Gasteiger partial charge in [0.25, 0.3) is 28.0 Å². The minimum atomic E-state index is -4.69. The number of hydrogen-bond donors (Lipinski definition) is 3. The lowest BCUT2D eigenvalue weighted by Gasteiger charge is -2.30. The van der Waals surface area contributed by atoms with Crippen molar-refractivity contribution in [3.05, 3.63) is 59.0 Å². The molecule has 0 radical (unpaired) electrons. The second kappa shape index (κ2) is 9.93. The molecule has 13 nitrogen and oxygen atoms in total. The van der Waals surface area contributed by atoms with E-state index in [0.717, 1.165) is 0 Å². The van der Waals surface area contributed by atoms with Crippen molar-refractivity contribution in [3.8, 4) is 0 Å². The third-order valence-electron chi connectivity index (χ3n) is 5.21. The topological polar surface area (TPSA) is 183 Å². The minimum absolute atomic E-state index is 0.0215. The van der Waals surface area contributed by atoms with Crippen molar-refractivity contribution in [3.63, 3.8) is 0 Å². The van der Waals surface area contributed by atoms with E-state index >= 15 is 0 Å². The molecular formula is C21H20ClN7O6S. The van der Waals surface area contributed by atoms with Gasteiger partial charge in [0.05, 0.1) is 18.1 Å². The Morgan fingerprint density at radius 1 is 1.17 bits per heavy atom. The van der Waals surface area contributed by atoms with Gasteiger partial charge >= 0.3 is 0 Å². The molecule has 1 fully saturated rings. The van der Waals surface area contributed by atoms with Crippen LogP contribution in [-0.2, 0) is 24.4 Å². The number of halogens is 1. The smallest absolute Gasteiger partial charge is 0.289 e. The lowest BCUT2D eigenvalue weighted by Crippen LogP contribution is -2.42. The van der Waals surface area contributed by atoms with Crippen molar-refractivity contribution in [2.75, 3.05) is 40.3 Å². The summed E-state index contributed by atoms with van der Waals surface area (Å²) in [5.74, 6) is -3.31. The van der Waals surface area contributed by atoms with Gasteiger partial charge in [-0.05, 0) is 36.4 Å². The zero-order valence-corrected chi connectivity index (χ0v) is 20.1. The summed E-state index contributed by atoms with van der Waals surface area (Å²) in [5, 5.41) is 8.06. The van der Waals surface area contributed by atoms with Crippen LogP contribution in [0.2, 0.25) is 5.02 Å². The zero-order valence-electron chi connectivity index (χ0n) is 18.5. The monoisotopic (exact) mass is 533 g/mol. The number of rotatable bonds is 7. The Morgan fingerprint density at radius 2 is 1.83 bits per heavy atom. The highest BCUT2D eigenvalue weighted by atomic mass is 35.5. The summed E-state index contributed by atoms with van der Waals surface area (Å²) in [6.07, 6.45) is 2.55. The number of pyridine rings is 1. The quantitative estimate of drug-likeness (QED) is 0.436. The number of nitrogens with zero attached hydrogens (tertiary/aromatic N) is 5. The van der Waals surface area contributed by atoms with E-state index in [2.05, 4.69) is 9.98 Å². The Bertz CT molecular complexity index is 1380. The fraction of sp³-hybridized carbons (Fsp3) is 0.190. The Kier molecular flexibility index (Phi) is 6.92. The number of amides is 2. The maximum atomic E-state index is 13.4. The first kappa shape index (κ1) is 25.1. The van der Waals surface area contributed by atoms with Crippen LogP contribution >= 0.6 is 11.6 Å². The molecule has 0 aliphatic carbocycles. The second-order valence-electron chi connectivity index (χ2n) is 7.58. The molecule has 1 saturated heterocycles. The molecule has 4 N–H and O–H groups in total. The van der Waals surface area contributed by atoms with Crippen molar-refractivity contribution in [2.45, 2.75) is 0 Å². The van der Waals surface area contributed by atoms with Crippen LogP contribution in [0.15, 0.2) is 59.0 Å². The number of aliphatic imine (C=N–C) groups is 1. The van der Waals surface area contributed by atoms with E-state index in [4.69, 9.17) is 27.5 Å². The molecule has 36 heavy (non-hydrogen) atoms. The van der Waals surface area contributed by atoms with E-state index in [0.29, 0.717) is 29.4 Å². The number of aromatic nitrogens is 1. The predicted octanol–water partition coefficient (Wildman–Crippen LogP) is 0.973. The summed E-state index contributed by atoms with van der Waals surface area (Å²) < 4.78 is 37.9. The van der Waals surface area contributed by atoms with Crippen molar-refractivity contribution < 1.29 is 27.3 Å². The molecule has 2 amide bonds. The lowest BCUT2D eigenvalue weighted by molar-refractivity contribution is -0.117. The normalized spacial score (nSPS) is 15.8. The molecule has 0 saturated carbocycles. The molecule has 0 bridgehead atoms. The van der Waals surface area contributed by atoms with E-state index in [-0.39, 0.29) is 29.1 Å². The first-order chi connectivity index (χ1) is 17.0. The van der Waals surface area contributed by atoms with Crippen LogP contribution in [0.4, 0.5) is 17.2 Å². The zero-order chi connectivity index (χ0) is 26.0. The molecule has 1 aromatic carbocycles. The molecule has 0 spiro atoms. The van der Waals surface area contributed by atoms with Crippen molar-refractivity contribution in [1.82, 2.24) is 4.98 Å². The standard InChI is InChI=1S/C21H20ClN7O6S/c22-13-1-6-16(26-11-13)29(12-36(32,33)34)20(31)17-18(19(23)30)27(8-7-25-17)14-2-4-15(5-3-14)28-9-10-35-21(28)24/h1-7,11,24H,8-10,12H2,(H2,23,30)(H,32,33,34). The maximum Gasteiger partial charge on any atom is 0.289 e. The Labute approximate surface area is 210 Å². The van der Waals surface area contributed by atoms with E-state index in [1.165, 1.54) is 29.4 Å². The van der Waals surface area contributed by atoms with E-state index < -0.39 is 33.5 Å². The van der Waals surface area contributed by atoms with Crippen LogP contribution in [0.25, 0.3) is 0 Å². The summed E-state index contributed by atoms with van der Waals surface area (Å²) >= 11 is 5.83. The molecule has 2 aromatic rings. The fourth-order valence-corrected chi connectivity index (χ4v) is 4.34. The number of anilines is 3. The van der Waals surface area contributed by atoms with Gasteiger partial charge in [-0.3, -0.25) is 34.3 Å². The molecule has 0 atom stereocenters. The summed E-state index contributed by atoms with van der Waals surface area (Å²) in [4.78, 5) is 37.6. The average molecular weight is 534 g/mol. The predicted molar refractivity (Wildman–Crippen MR) is 133 cm³/mol. The van der Waals surface area contributed by atoms with Crippen LogP contribution in [0.5, 0.6) is 0 Å². The molecule has 2 aliphatic heterocycles. The van der Waals surface area contributed by atoms with Crippen molar-refractivity contribution in [1.29, 1.82) is 5.41 Å². The minimum Gasteiger partial charge on any atom is -0.463 e. The number of amidine groups is 1. The number of ether oxygens (including phenoxy) is 1. The number of carbonyl (C=O) groups excluding carboxylic acids is 2. The van der Waals surface area contributed by atoms with Crippen LogP contribution in [0.1, 0.15) is 0 Å². The van der Waals surface area contributed by atoms with E-state index in [9.17, 15) is 22.6 Å². The molecule has 4 rings (SSSR count). The number of hydrogen-bond acceptors (Lipinski definition) is 9. The summed E-state index contributed by atoms with van der Waals surface area (Å²) in [7, 11) is -4.69. The first-order valence-electron chi connectivity index (χ1n) is 10.4. The van der Waals surface area contributed by atoms with Gasteiger partial charge in [0.15, 0.2) is 11.6 Å². The second-order valence-corrected chi connectivity index (χ2v) is 9.44. The van der Waals surface area contributed by atoms with Crippen LogP contribution in [0, 0.1) is 5.41 Å². The number of nitrogens with one attached hydrogen (secondary N) is 1. The molecule has 3 heterocycles. The van der Waals surface area contributed by atoms with Gasteiger partial charge in [0.1, 0.15) is 18.1 Å². The Morgan fingerprint density at radius 3 is 2.36 bits per heavy atom. The van der Waals surface area contributed by atoms with E-state index in [1.54, 1.807) is 29.2 Å². The summed E-state index contributed by atoms with van der Waals surface area (Å²) in [5.41, 5.74) is 6.09. The first-order valence-corrected chi connectivity index (χ1v) is 12.4. The van der Waals surface area contributed by atoms with Gasteiger partial charge < -0.3 is 15.4 Å². The van der Waals surface area contributed by atoms with E-state index in [1.807, 2.05) is 0 Å². The number of carbonyl (C=O) groups is 2. The van der Waals surface area contributed by atoms with Gasteiger partial charge in [-0.2, -0.15) is 8.42 Å². The molecule has 0 unspecified atom stereocenters. The third kappa shape index (κ3) is 5.30. The molecular weight excluding hydrogens is 514 g/mol. The van der Waals surface area contributed by atoms with Gasteiger partial charge in [-0.25, -0.2) is 4.98 Å². The highest BCUT2D eigenvalue weighted by Gasteiger charge is 2.33. The van der Waals surface area contributed by atoms with Crippen molar-refractivity contribution in [2.24, 2.45) is 10.7 Å². The summed E-state index contributed by atoms with van der Waals surface area (Å²) in [6.45, 7) is 1.00. The Hall–Kier alpha value is -4.01. The molecule has 2 aliphatic rings. The number of nitrogens with two attached hydrogens (primary N) is 1. The molecule has 1 aromatic heterocycles. The van der Waals surface area contributed by atoms with Gasteiger partial charge in [-0.1, -0.05) is 11.6 Å². The molecule has 15 heteroatoms. The maximum absolute atomic E-state index is 13.4. The van der Waals surface area contributed by atoms with Gasteiger partial charge in [-0.15, -0.1) is 0 Å². The third-order valence-corrected chi connectivity index (χ3v) is 6.02. The SMILES string of the molecule is N=C1OCCN1c1ccc(N2CC=NC(C(=O)N(CS(=O)(=O)O)c3ccc(Cl)cn3)=C2C(N)=O)cc1. The van der Waals surface area contributed by atoms with Crippen molar-refractivity contribution >= 4 is 63.0 Å². The number of benzene rings is 1. The number of primary amides is 1. The Balaban J connectivity index is 1.72. The molecule has 188 valence electrons. The highest BCUT2D eigenvalue weighted by molar-refractivity contribution is 7.85. The van der Waals surface area contributed by atoms with Crippen LogP contribution in [-0.4, -0.2) is 67.6 Å². The average Bonchev–Trinajstić information content (AvgIpc) is 3.27. The van der Waals surface area contributed by atoms with Gasteiger partial charge in [0.2, 0.25) is 0 Å². The fourth-order valence-electron chi connectivity index (χ4n) is 3.65. The van der Waals surface area contributed by atoms with Crippen LogP contribution < -0.4 is 20.4 Å². The van der Waals surface area contributed by atoms with Gasteiger partial charge in [0, 0.05) is 23.8 Å². The lowest BCUT2D eigenvalue weighted by atomic mass is 10.1. The highest BCUT2D eigenvalue weighted by Crippen LogP contribution is 2.29. The van der Waals surface area contributed by atoms with Crippen LogP contribution in [0.3, 0.4) is 0 Å².